The van der Waals surface area contributed by atoms with Crippen LogP contribution in [0, 0.1) is 0 Å². The van der Waals surface area contributed by atoms with Gasteiger partial charge in [0.05, 0.1) is 6.61 Å². The quantitative estimate of drug-likeness (QED) is 0.398. The van der Waals surface area contributed by atoms with Crippen molar-refractivity contribution in [1.29, 1.82) is 0 Å². The van der Waals surface area contributed by atoms with Crippen LogP contribution < -0.4 is 0 Å². The Kier molecular flexibility index (Phi) is 25.1. The van der Waals surface area contributed by atoms with Gasteiger partial charge in [-0.2, -0.15) is 0 Å². The van der Waals surface area contributed by atoms with E-state index in [4.69, 9.17) is 0 Å². The number of carbonyl (C=O) groups is 1. The number of ether oxygens (including phenoxy) is 1. The normalized spacial score (nSPS) is 7.69. The zero-order chi connectivity index (χ0) is 9.82. The molecular weight excluding hydrogens is 180 g/mol. The van der Waals surface area contributed by atoms with E-state index in [9.17, 15) is 4.79 Å². The maximum absolute atomic E-state index is 9.82. The lowest BCUT2D eigenvalue weighted by Crippen LogP contribution is -1.95. The van der Waals surface area contributed by atoms with Crippen molar-refractivity contribution in [2.24, 2.45) is 0 Å². The van der Waals surface area contributed by atoms with Crippen molar-refractivity contribution in [3.05, 3.63) is 0 Å². The molecule has 0 aromatic rings. The molecule has 0 N–H and O–H groups in total. The first-order valence-corrected chi connectivity index (χ1v) is 4.82. The second kappa shape index (κ2) is 17.7. The van der Waals surface area contributed by atoms with Crippen molar-refractivity contribution < 1.29 is 9.53 Å². The summed E-state index contributed by atoms with van der Waals surface area (Å²) in [6, 6.07) is 0. The summed E-state index contributed by atoms with van der Waals surface area (Å²) in [7, 11) is 0. The van der Waals surface area contributed by atoms with E-state index >= 15 is 0 Å². The third-order valence-corrected chi connectivity index (χ3v) is 1.30. The van der Waals surface area contributed by atoms with Crippen LogP contribution in [0.4, 0.5) is 0 Å². The Balaban J connectivity index is -0.000000143. The van der Waals surface area contributed by atoms with E-state index in [1.807, 2.05) is 0 Å². The molecule has 0 rings (SSSR count). The lowest BCUT2D eigenvalue weighted by molar-refractivity contribution is -0.140. The van der Waals surface area contributed by atoms with E-state index in [1.165, 1.54) is 32.6 Å². The topological polar surface area (TPSA) is 26.3 Å². The van der Waals surface area contributed by atoms with Crippen LogP contribution in [-0.2, 0) is 9.53 Å². The third-order valence-electron chi connectivity index (χ3n) is 1.30. The van der Waals surface area contributed by atoms with Gasteiger partial charge >= 0.3 is 5.97 Å². The average Bonchev–Trinajstić information content (AvgIpc) is 2.02. The Labute approximate surface area is 87.1 Å². The van der Waals surface area contributed by atoms with Gasteiger partial charge in [-0.1, -0.05) is 39.5 Å². The van der Waals surface area contributed by atoms with Gasteiger partial charge < -0.3 is 4.74 Å². The van der Waals surface area contributed by atoms with Crippen LogP contribution in [0.1, 0.15) is 53.4 Å². The molecule has 0 bridgehead atoms. The van der Waals surface area contributed by atoms with Crippen LogP contribution in [0.25, 0.3) is 0 Å². The average molecular weight is 206 g/mol. The maximum atomic E-state index is 9.82. The third kappa shape index (κ3) is 33.9. The molecule has 0 fully saturated rings. The molecule has 0 unspecified atom stereocenters. The fraction of sp³-hybridized carbons (Fsp3) is 0.900. The lowest BCUT2D eigenvalue weighted by atomic mass is 10.2. The number of hydrogen-bond acceptors (Lipinski definition) is 2. The summed E-state index contributed by atoms with van der Waals surface area (Å²) in [5.74, 6) is -0.211. The van der Waals surface area contributed by atoms with Gasteiger partial charge in [0.2, 0.25) is 0 Å². The largest absolute Gasteiger partial charge is 0.466 e. The van der Waals surface area contributed by atoms with Crippen molar-refractivity contribution in [3.63, 3.8) is 0 Å². The first kappa shape index (κ1) is 18.5. The van der Waals surface area contributed by atoms with Gasteiger partial charge in [-0.05, 0) is 17.9 Å². The highest BCUT2D eigenvalue weighted by molar-refractivity contribution is 5.75. The summed E-state index contributed by atoms with van der Waals surface area (Å²) in [6.45, 7) is 8.12. The predicted octanol–water partition coefficient (Wildman–Crippen LogP) is 1.70. The molecular formula is C10H26O2Si. The minimum Gasteiger partial charge on any atom is -0.466 e. The van der Waals surface area contributed by atoms with Crippen molar-refractivity contribution in [2.45, 2.75) is 53.4 Å². The molecule has 0 amide bonds. The van der Waals surface area contributed by atoms with E-state index in [1.54, 1.807) is 6.92 Å². The Morgan fingerprint density at radius 2 is 1.46 bits per heavy atom. The van der Waals surface area contributed by atoms with Gasteiger partial charge in [0.1, 0.15) is 0 Å². The smallest absolute Gasteiger partial charge is 0.302 e. The summed E-state index contributed by atoms with van der Waals surface area (Å²) in [6.07, 6.45) is 5.54. The molecule has 0 aromatic carbocycles. The van der Waals surface area contributed by atoms with E-state index in [2.05, 4.69) is 18.6 Å². The summed E-state index contributed by atoms with van der Waals surface area (Å²) < 4.78 is 4.40. The Bertz CT molecular complexity index is 90.9. The monoisotopic (exact) mass is 206 g/mol. The molecule has 2 nitrogen and oxygen atoms in total. The second-order valence-corrected chi connectivity index (χ2v) is 2.63. The molecule has 0 aliphatic heterocycles. The molecule has 0 aromatic heterocycles. The number of rotatable bonds is 4. The van der Waals surface area contributed by atoms with Gasteiger partial charge in [0, 0.05) is 6.92 Å². The molecule has 0 spiro atoms. The molecule has 0 saturated carbocycles. The number of unbranched alkanes of at least 4 members (excludes halogenated alkanes) is 3. The van der Waals surface area contributed by atoms with Crippen LogP contribution in [0.3, 0.4) is 0 Å². The predicted molar refractivity (Wildman–Crippen MR) is 63.5 cm³/mol. The SMILES string of the molecule is CCCCCC.CCOC(C)=O.[SiH4]. The Hall–Kier alpha value is -0.313. The molecule has 0 aliphatic rings. The second-order valence-electron chi connectivity index (χ2n) is 2.63. The fourth-order valence-electron chi connectivity index (χ4n) is 0.703. The standard InChI is InChI=1S/C6H14.C4H8O2.H4Si/c1-3-5-6-4-2;1-3-6-4(2)5;/h3-6H2,1-2H3;3H2,1-2H3;1H4. The molecule has 0 radical (unpaired) electrons. The zero-order valence-corrected chi connectivity index (χ0v) is 8.85. The van der Waals surface area contributed by atoms with Crippen LogP contribution in [0.5, 0.6) is 0 Å². The molecule has 0 aliphatic carbocycles. The number of hydrogen-bond donors (Lipinski definition) is 0. The maximum Gasteiger partial charge on any atom is 0.302 e. The van der Waals surface area contributed by atoms with Gasteiger partial charge in [-0.15, -0.1) is 0 Å². The van der Waals surface area contributed by atoms with Crippen molar-refractivity contribution >= 4 is 16.9 Å². The highest BCUT2D eigenvalue weighted by Crippen LogP contribution is 1.95. The van der Waals surface area contributed by atoms with Gasteiger partial charge in [0.15, 0.2) is 0 Å². The van der Waals surface area contributed by atoms with E-state index in [0.29, 0.717) is 6.61 Å². The highest BCUT2D eigenvalue weighted by atomic mass is 28.1. The lowest BCUT2D eigenvalue weighted by Gasteiger charge is -1.89. The number of carbonyl (C=O) groups excluding carboxylic acids is 1. The summed E-state index contributed by atoms with van der Waals surface area (Å²) in [4.78, 5) is 9.82. The minimum absolute atomic E-state index is 0. The number of esters is 1. The molecule has 82 valence electrons. The highest BCUT2D eigenvalue weighted by Gasteiger charge is 1.81. The summed E-state index contributed by atoms with van der Waals surface area (Å²) >= 11 is 0. The van der Waals surface area contributed by atoms with Gasteiger partial charge in [0.25, 0.3) is 0 Å². The van der Waals surface area contributed by atoms with E-state index in [-0.39, 0.29) is 16.9 Å². The van der Waals surface area contributed by atoms with Crippen molar-refractivity contribution in [2.75, 3.05) is 6.61 Å². The summed E-state index contributed by atoms with van der Waals surface area (Å²) in [5, 5.41) is 0. The van der Waals surface area contributed by atoms with Crippen molar-refractivity contribution in [3.8, 4) is 0 Å². The van der Waals surface area contributed by atoms with Crippen molar-refractivity contribution in [1.82, 2.24) is 0 Å². The Morgan fingerprint density at radius 3 is 1.54 bits per heavy atom. The van der Waals surface area contributed by atoms with Crippen LogP contribution in [-0.4, -0.2) is 23.5 Å². The molecule has 3 heteroatoms. The van der Waals surface area contributed by atoms with Crippen LogP contribution >= 0.6 is 0 Å². The zero-order valence-electron chi connectivity index (χ0n) is 8.85. The van der Waals surface area contributed by atoms with Crippen LogP contribution in [0.2, 0.25) is 0 Å². The molecule has 0 atom stereocenters. The van der Waals surface area contributed by atoms with Gasteiger partial charge in [-0.3, -0.25) is 4.79 Å². The fourth-order valence-corrected chi connectivity index (χ4v) is 0.703. The molecule has 0 heterocycles. The van der Waals surface area contributed by atoms with E-state index < -0.39 is 0 Å². The molecule has 13 heavy (non-hydrogen) atoms. The minimum atomic E-state index is -0.211. The Morgan fingerprint density at radius 1 is 1.08 bits per heavy atom. The first-order valence-electron chi connectivity index (χ1n) is 4.82. The summed E-state index contributed by atoms with van der Waals surface area (Å²) in [5.41, 5.74) is 0. The van der Waals surface area contributed by atoms with E-state index in [0.717, 1.165) is 0 Å². The van der Waals surface area contributed by atoms with Gasteiger partial charge in [-0.25, -0.2) is 0 Å². The first-order chi connectivity index (χ1) is 5.68. The molecule has 0 saturated heterocycles. The van der Waals surface area contributed by atoms with Crippen LogP contribution in [0.15, 0.2) is 0 Å².